The molecule has 0 aromatic heterocycles. The van der Waals surface area contributed by atoms with Crippen molar-refractivity contribution >= 4 is 5.91 Å². The molecule has 1 unspecified atom stereocenters. The summed E-state index contributed by atoms with van der Waals surface area (Å²) in [5.41, 5.74) is -0.343. The van der Waals surface area contributed by atoms with Crippen molar-refractivity contribution in [2.45, 2.75) is 32.7 Å². The van der Waals surface area contributed by atoms with Crippen molar-refractivity contribution in [2.75, 3.05) is 26.7 Å². The second-order valence-electron chi connectivity index (χ2n) is 3.83. The minimum absolute atomic E-state index is 0.0482. The van der Waals surface area contributed by atoms with Crippen molar-refractivity contribution in [3.63, 3.8) is 0 Å². The Balaban J connectivity index is 3.98. The maximum Gasteiger partial charge on any atom is 0.236 e. The van der Waals surface area contributed by atoms with E-state index in [0.29, 0.717) is 6.54 Å². The van der Waals surface area contributed by atoms with Crippen LogP contribution in [0.3, 0.4) is 0 Å². The third-order valence-electron chi connectivity index (χ3n) is 2.70. The van der Waals surface area contributed by atoms with Crippen LogP contribution in [0.4, 0.5) is 0 Å². The first-order valence-electron chi connectivity index (χ1n) is 5.09. The maximum atomic E-state index is 11.4. The zero-order valence-electron chi connectivity index (χ0n) is 9.63. The van der Waals surface area contributed by atoms with E-state index in [1.807, 2.05) is 20.8 Å². The molecule has 14 heavy (non-hydrogen) atoms. The Morgan fingerprint density at radius 1 is 1.50 bits per heavy atom. The molecule has 0 spiro atoms. The number of amides is 1. The second kappa shape index (κ2) is 5.98. The van der Waals surface area contributed by atoms with Crippen LogP contribution in [0.25, 0.3) is 0 Å². The zero-order valence-corrected chi connectivity index (χ0v) is 9.63. The number of rotatable bonds is 6. The van der Waals surface area contributed by atoms with Crippen LogP contribution in [0.5, 0.6) is 0 Å². The van der Waals surface area contributed by atoms with Gasteiger partial charge in [0.2, 0.25) is 5.91 Å². The molecular weight excluding hydrogens is 180 g/mol. The first-order chi connectivity index (χ1) is 6.49. The lowest BCUT2D eigenvalue weighted by atomic mass is 10.0. The van der Waals surface area contributed by atoms with Crippen LogP contribution in [-0.4, -0.2) is 48.2 Å². The SMILES string of the molecule is CCN(C)C(=O)CNC(C)(CC)CO. The quantitative estimate of drug-likeness (QED) is 0.647. The lowest BCUT2D eigenvalue weighted by Crippen LogP contribution is -2.49. The molecule has 0 aliphatic rings. The molecule has 0 saturated heterocycles. The van der Waals surface area contributed by atoms with Gasteiger partial charge in [-0.3, -0.25) is 4.79 Å². The number of hydrogen-bond donors (Lipinski definition) is 2. The van der Waals surface area contributed by atoms with Gasteiger partial charge in [0.15, 0.2) is 0 Å². The van der Waals surface area contributed by atoms with E-state index < -0.39 is 0 Å². The van der Waals surface area contributed by atoms with Crippen LogP contribution in [0.1, 0.15) is 27.2 Å². The van der Waals surface area contributed by atoms with Gasteiger partial charge >= 0.3 is 0 Å². The molecule has 0 heterocycles. The highest BCUT2D eigenvalue weighted by molar-refractivity contribution is 5.77. The van der Waals surface area contributed by atoms with Crippen molar-refractivity contribution in [2.24, 2.45) is 0 Å². The highest BCUT2D eigenvalue weighted by atomic mass is 16.3. The topological polar surface area (TPSA) is 52.6 Å². The van der Waals surface area contributed by atoms with E-state index in [0.717, 1.165) is 6.42 Å². The van der Waals surface area contributed by atoms with Crippen molar-refractivity contribution in [1.82, 2.24) is 10.2 Å². The summed E-state index contributed by atoms with van der Waals surface area (Å²) in [5.74, 6) is 0.0561. The van der Waals surface area contributed by atoms with Gasteiger partial charge in [0.1, 0.15) is 0 Å². The minimum Gasteiger partial charge on any atom is -0.394 e. The predicted octanol–water partition coefficient (Wildman–Crippen LogP) is 0.215. The van der Waals surface area contributed by atoms with Crippen LogP contribution >= 0.6 is 0 Å². The van der Waals surface area contributed by atoms with Crippen LogP contribution in [-0.2, 0) is 4.79 Å². The van der Waals surface area contributed by atoms with E-state index in [-0.39, 0.29) is 24.6 Å². The monoisotopic (exact) mass is 202 g/mol. The van der Waals surface area contributed by atoms with Gasteiger partial charge in [-0.25, -0.2) is 0 Å². The summed E-state index contributed by atoms with van der Waals surface area (Å²) < 4.78 is 0. The Labute approximate surface area is 86.3 Å². The van der Waals surface area contributed by atoms with E-state index in [2.05, 4.69) is 5.32 Å². The number of hydrogen-bond acceptors (Lipinski definition) is 3. The Morgan fingerprint density at radius 2 is 2.07 bits per heavy atom. The largest absolute Gasteiger partial charge is 0.394 e. The van der Waals surface area contributed by atoms with E-state index in [4.69, 9.17) is 5.11 Å². The van der Waals surface area contributed by atoms with Crippen LogP contribution in [0.2, 0.25) is 0 Å². The molecule has 1 atom stereocenters. The highest BCUT2D eigenvalue weighted by Gasteiger charge is 2.21. The smallest absolute Gasteiger partial charge is 0.236 e. The molecule has 0 saturated carbocycles. The first kappa shape index (κ1) is 13.4. The average Bonchev–Trinajstić information content (AvgIpc) is 2.24. The summed E-state index contributed by atoms with van der Waals surface area (Å²) in [7, 11) is 1.77. The van der Waals surface area contributed by atoms with Crippen molar-refractivity contribution in [3.8, 4) is 0 Å². The molecule has 0 fully saturated rings. The first-order valence-corrected chi connectivity index (χ1v) is 5.09. The van der Waals surface area contributed by atoms with Gasteiger partial charge < -0.3 is 15.3 Å². The number of aliphatic hydroxyl groups is 1. The molecule has 0 bridgehead atoms. The van der Waals surface area contributed by atoms with E-state index in [1.165, 1.54) is 0 Å². The van der Waals surface area contributed by atoms with Gasteiger partial charge in [-0.2, -0.15) is 0 Å². The fraction of sp³-hybridized carbons (Fsp3) is 0.900. The van der Waals surface area contributed by atoms with Crippen molar-refractivity contribution < 1.29 is 9.90 Å². The predicted molar refractivity (Wildman–Crippen MR) is 57.1 cm³/mol. The average molecular weight is 202 g/mol. The molecule has 0 radical (unpaired) electrons. The summed E-state index contributed by atoms with van der Waals surface area (Å²) >= 11 is 0. The number of likely N-dealkylation sites (N-methyl/N-ethyl adjacent to an activating group) is 1. The highest BCUT2D eigenvalue weighted by Crippen LogP contribution is 2.06. The molecule has 0 aliphatic heterocycles. The van der Waals surface area contributed by atoms with E-state index in [9.17, 15) is 4.79 Å². The Morgan fingerprint density at radius 3 is 2.43 bits per heavy atom. The standard InChI is InChI=1S/C10H22N2O2/c1-5-10(3,8-13)11-7-9(14)12(4)6-2/h11,13H,5-8H2,1-4H3. The summed E-state index contributed by atoms with van der Waals surface area (Å²) in [6, 6.07) is 0. The lowest BCUT2D eigenvalue weighted by molar-refractivity contribution is -0.129. The van der Waals surface area contributed by atoms with Gasteiger partial charge in [-0.1, -0.05) is 6.92 Å². The van der Waals surface area contributed by atoms with Gasteiger partial charge in [0.05, 0.1) is 13.2 Å². The normalized spacial score (nSPS) is 14.9. The molecule has 0 aromatic carbocycles. The number of carbonyl (C=O) groups is 1. The number of nitrogens with zero attached hydrogens (tertiary/aromatic N) is 1. The molecule has 84 valence electrons. The summed E-state index contributed by atoms with van der Waals surface area (Å²) in [6.45, 7) is 6.87. The van der Waals surface area contributed by atoms with Crippen LogP contribution < -0.4 is 5.32 Å². The molecule has 1 amide bonds. The molecule has 4 heteroatoms. The number of nitrogens with one attached hydrogen (secondary N) is 1. The lowest BCUT2D eigenvalue weighted by Gasteiger charge is -2.28. The molecule has 0 aromatic rings. The third-order valence-corrected chi connectivity index (χ3v) is 2.70. The zero-order chi connectivity index (χ0) is 11.2. The number of carbonyl (C=O) groups excluding carboxylic acids is 1. The molecule has 0 rings (SSSR count). The minimum atomic E-state index is -0.343. The Hall–Kier alpha value is -0.610. The van der Waals surface area contributed by atoms with Gasteiger partial charge in [0, 0.05) is 19.1 Å². The third kappa shape index (κ3) is 4.07. The second-order valence-corrected chi connectivity index (χ2v) is 3.83. The fourth-order valence-electron chi connectivity index (χ4n) is 0.893. The van der Waals surface area contributed by atoms with E-state index in [1.54, 1.807) is 11.9 Å². The summed E-state index contributed by atoms with van der Waals surface area (Å²) in [6.07, 6.45) is 0.798. The van der Waals surface area contributed by atoms with Crippen molar-refractivity contribution in [1.29, 1.82) is 0 Å². The molecular formula is C10H22N2O2. The molecule has 4 nitrogen and oxygen atoms in total. The van der Waals surface area contributed by atoms with E-state index >= 15 is 0 Å². The Kier molecular flexibility index (Phi) is 5.72. The summed E-state index contributed by atoms with van der Waals surface area (Å²) in [5, 5.41) is 12.2. The maximum absolute atomic E-state index is 11.4. The fourth-order valence-corrected chi connectivity index (χ4v) is 0.893. The van der Waals surface area contributed by atoms with Gasteiger partial charge in [-0.05, 0) is 20.3 Å². The molecule has 0 aliphatic carbocycles. The van der Waals surface area contributed by atoms with Gasteiger partial charge in [-0.15, -0.1) is 0 Å². The van der Waals surface area contributed by atoms with Crippen molar-refractivity contribution in [3.05, 3.63) is 0 Å². The van der Waals surface area contributed by atoms with Crippen LogP contribution in [0.15, 0.2) is 0 Å². The Bertz CT molecular complexity index is 179. The van der Waals surface area contributed by atoms with Gasteiger partial charge in [0.25, 0.3) is 0 Å². The molecule has 2 N–H and O–H groups in total. The summed E-state index contributed by atoms with van der Waals surface area (Å²) in [4.78, 5) is 13.1. The van der Waals surface area contributed by atoms with Crippen LogP contribution in [0, 0.1) is 0 Å². The number of aliphatic hydroxyl groups excluding tert-OH is 1.